The van der Waals surface area contributed by atoms with E-state index in [1.54, 1.807) is 4.80 Å². The van der Waals surface area contributed by atoms with Gasteiger partial charge in [0.25, 0.3) is 0 Å². The quantitative estimate of drug-likeness (QED) is 0.873. The minimum atomic E-state index is 0.424. The summed E-state index contributed by atoms with van der Waals surface area (Å²) in [5.74, 6) is 0.732. The van der Waals surface area contributed by atoms with Crippen LogP contribution >= 0.6 is 0 Å². The van der Waals surface area contributed by atoms with Crippen LogP contribution in [0.3, 0.4) is 0 Å². The summed E-state index contributed by atoms with van der Waals surface area (Å²) in [6, 6.07) is 10.3. The predicted molar refractivity (Wildman–Crippen MR) is 86.1 cm³/mol. The largest absolute Gasteiger partial charge is 0.353 e. The van der Waals surface area contributed by atoms with Gasteiger partial charge in [-0.15, -0.1) is 15.0 Å². The zero-order chi connectivity index (χ0) is 15.4. The first-order chi connectivity index (χ1) is 10.8. The van der Waals surface area contributed by atoms with Gasteiger partial charge in [0, 0.05) is 13.1 Å². The molecule has 1 aromatic carbocycles. The molecule has 0 aliphatic carbocycles. The number of anilines is 1. The van der Waals surface area contributed by atoms with E-state index in [4.69, 9.17) is 0 Å². The van der Waals surface area contributed by atoms with E-state index >= 15 is 0 Å². The number of benzene rings is 1. The van der Waals surface area contributed by atoms with E-state index in [9.17, 15) is 5.26 Å². The summed E-state index contributed by atoms with van der Waals surface area (Å²) in [5.41, 5.74) is 2.57. The normalized spacial score (nSPS) is 15.4. The number of para-hydroxylation sites is 1. The van der Waals surface area contributed by atoms with Crippen molar-refractivity contribution in [2.45, 2.75) is 39.0 Å². The van der Waals surface area contributed by atoms with Crippen molar-refractivity contribution in [3.8, 4) is 11.8 Å². The Labute approximate surface area is 131 Å². The van der Waals surface area contributed by atoms with Crippen LogP contribution in [0.15, 0.2) is 24.3 Å². The average molecular weight is 295 g/mol. The zero-order valence-corrected chi connectivity index (χ0v) is 13.0. The van der Waals surface area contributed by atoms with Crippen molar-refractivity contribution in [2.75, 3.05) is 18.0 Å². The highest BCUT2D eigenvalue weighted by Gasteiger charge is 2.20. The van der Waals surface area contributed by atoms with Crippen LogP contribution in [0.4, 0.5) is 5.82 Å². The van der Waals surface area contributed by atoms with Crippen LogP contribution in [-0.2, 0) is 6.42 Å². The fourth-order valence-electron chi connectivity index (χ4n) is 2.98. The summed E-state index contributed by atoms with van der Waals surface area (Å²) in [6.07, 6.45) is 5.74. The molecule has 5 heteroatoms. The van der Waals surface area contributed by atoms with Crippen LogP contribution in [0.5, 0.6) is 0 Å². The maximum absolute atomic E-state index is 9.41. The smallest absolute Gasteiger partial charge is 0.207 e. The van der Waals surface area contributed by atoms with Gasteiger partial charge < -0.3 is 4.90 Å². The summed E-state index contributed by atoms with van der Waals surface area (Å²) in [4.78, 5) is 3.83. The molecular weight excluding hydrogens is 274 g/mol. The number of nitriles is 1. The van der Waals surface area contributed by atoms with Crippen LogP contribution in [0.1, 0.15) is 43.9 Å². The molecular formula is C17H21N5. The average Bonchev–Trinajstić information content (AvgIpc) is 2.81. The Kier molecular flexibility index (Phi) is 4.38. The molecule has 0 bridgehead atoms. The molecule has 1 aliphatic rings. The number of aryl methyl sites for hydroxylation is 1. The minimum absolute atomic E-state index is 0.424. The Morgan fingerprint density at radius 2 is 1.82 bits per heavy atom. The lowest BCUT2D eigenvalue weighted by atomic mass is 10.1. The highest BCUT2D eigenvalue weighted by Crippen LogP contribution is 2.22. The van der Waals surface area contributed by atoms with Crippen LogP contribution in [0.25, 0.3) is 5.69 Å². The van der Waals surface area contributed by atoms with Crippen LogP contribution < -0.4 is 4.90 Å². The molecule has 0 N–H and O–H groups in total. The van der Waals surface area contributed by atoms with E-state index in [0.29, 0.717) is 5.69 Å². The second-order valence-electron chi connectivity index (χ2n) is 5.66. The Balaban J connectivity index is 1.99. The molecule has 1 saturated heterocycles. The van der Waals surface area contributed by atoms with Crippen molar-refractivity contribution in [3.05, 3.63) is 35.5 Å². The lowest BCUT2D eigenvalue weighted by Crippen LogP contribution is -2.25. The molecule has 1 aromatic heterocycles. The lowest BCUT2D eigenvalue weighted by Gasteiger charge is -2.19. The maximum Gasteiger partial charge on any atom is 0.207 e. The molecule has 22 heavy (non-hydrogen) atoms. The second kappa shape index (κ2) is 6.61. The molecule has 0 unspecified atom stereocenters. The molecule has 2 aromatic rings. The molecule has 0 radical (unpaired) electrons. The van der Waals surface area contributed by atoms with Crippen LogP contribution in [0.2, 0.25) is 0 Å². The second-order valence-corrected chi connectivity index (χ2v) is 5.66. The molecule has 0 saturated carbocycles. The zero-order valence-electron chi connectivity index (χ0n) is 13.0. The highest BCUT2D eigenvalue weighted by atomic mass is 15.5. The first kappa shape index (κ1) is 14.6. The van der Waals surface area contributed by atoms with Crippen molar-refractivity contribution in [3.63, 3.8) is 0 Å². The molecule has 0 atom stereocenters. The van der Waals surface area contributed by atoms with Gasteiger partial charge in [0.2, 0.25) is 5.69 Å². The Hall–Kier alpha value is -2.35. The number of aromatic nitrogens is 3. The van der Waals surface area contributed by atoms with E-state index in [-0.39, 0.29) is 0 Å². The van der Waals surface area contributed by atoms with Gasteiger partial charge in [0.1, 0.15) is 6.07 Å². The molecule has 114 valence electrons. The maximum atomic E-state index is 9.41. The van der Waals surface area contributed by atoms with Crippen molar-refractivity contribution in [1.29, 1.82) is 5.26 Å². The van der Waals surface area contributed by atoms with Gasteiger partial charge in [0.15, 0.2) is 5.82 Å². The van der Waals surface area contributed by atoms with E-state index in [2.05, 4.69) is 34.2 Å². The summed E-state index contributed by atoms with van der Waals surface area (Å²) < 4.78 is 0. The van der Waals surface area contributed by atoms with Gasteiger partial charge in [-0.1, -0.05) is 38.0 Å². The molecule has 1 fully saturated rings. The van der Waals surface area contributed by atoms with Gasteiger partial charge in [-0.25, -0.2) is 0 Å². The molecule has 5 nitrogen and oxygen atoms in total. The Morgan fingerprint density at radius 1 is 1.09 bits per heavy atom. The third kappa shape index (κ3) is 2.82. The summed E-state index contributed by atoms with van der Waals surface area (Å²) in [7, 11) is 0. The van der Waals surface area contributed by atoms with Gasteiger partial charge in [0.05, 0.1) is 5.69 Å². The van der Waals surface area contributed by atoms with E-state index in [1.165, 1.54) is 18.4 Å². The SMILES string of the molecule is CCc1ccccc1-n1nc(C#N)c(N2CCCCCC2)n1. The van der Waals surface area contributed by atoms with Gasteiger partial charge in [-0.3, -0.25) is 0 Å². The third-order valence-electron chi connectivity index (χ3n) is 4.20. The molecule has 1 aliphatic heterocycles. The number of hydrogen-bond acceptors (Lipinski definition) is 4. The van der Waals surface area contributed by atoms with E-state index in [1.807, 2.05) is 18.2 Å². The standard InChI is InChI=1S/C17H21N5/c1-2-14-9-5-6-10-16(14)22-19-15(13-18)17(20-22)21-11-7-3-4-8-12-21/h5-6,9-10H,2-4,7-8,11-12H2,1H3. The van der Waals surface area contributed by atoms with E-state index < -0.39 is 0 Å². The molecule has 0 spiro atoms. The number of nitrogens with zero attached hydrogens (tertiary/aromatic N) is 5. The summed E-state index contributed by atoms with van der Waals surface area (Å²) in [5, 5.41) is 18.5. The van der Waals surface area contributed by atoms with Gasteiger partial charge in [-0.05, 0) is 30.9 Å². The highest BCUT2D eigenvalue weighted by molar-refractivity contribution is 5.51. The molecule has 3 rings (SSSR count). The van der Waals surface area contributed by atoms with E-state index in [0.717, 1.165) is 43.9 Å². The third-order valence-corrected chi connectivity index (χ3v) is 4.20. The number of hydrogen-bond donors (Lipinski definition) is 0. The first-order valence-electron chi connectivity index (χ1n) is 8.04. The minimum Gasteiger partial charge on any atom is -0.353 e. The topological polar surface area (TPSA) is 57.7 Å². The first-order valence-corrected chi connectivity index (χ1v) is 8.04. The summed E-state index contributed by atoms with van der Waals surface area (Å²) >= 11 is 0. The van der Waals surface area contributed by atoms with Crippen molar-refractivity contribution in [1.82, 2.24) is 15.0 Å². The summed E-state index contributed by atoms with van der Waals surface area (Å²) in [6.45, 7) is 4.04. The molecule has 0 amide bonds. The van der Waals surface area contributed by atoms with Gasteiger partial charge >= 0.3 is 0 Å². The molecule has 2 heterocycles. The Morgan fingerprint density at radius 3 is 2.50 bits per heavy atom. The van der Waals surface area contributed by atoms with Gasteiger partial charge in [-0.2, -0.15) is 5.26 Å². The fourth-order valence-corrected chi connectivity index (χ4v) is 2.98. The van der Waals surface area contributed by atoms with Crippen LogP contribution in [-0.4, -0.2) is 28.1 Å². The Bertz CT molecular complexity index is 675. The lowest BCUT2D eigenvalue weighted by molar-refractivity contribution is 0.721. The van der Waals surface area contributed by atoms with Crippen LogP contribution in [0, 0.1) is 11.3 Å². The predicted octanol–water partition coefficient (Wildman–Crippen LogP) is 3.08. The van der Waals surface area contributed by atoms with Crippen molar-refractivity contribution >= 4 is 5.82 Å². The monoisotopic (exact) mass is 295 g/mol. The van der Waals surface area contributed by atoms with Crippen molar-refractivity contribution in [2.24, 2.45) is 0 Å². The fraction of sp³-hybridized carbons (Fsp3) is 0.471. The number of rotatable bonds is 3. The van der Waals surface area contributed by atoms with Crippen molar-refractivity contribution < 1.29 is 0 Å².